The molecule has 1 amide bonds. The summed E-state index contributed by atoms with van der Waals surface area (Å²) in [7, 11) is 0. The SMILES string of the molecule is [NH]C(=O)c1ccc2c(ccc3ccccc32)c1. The molecule has 1 N–H and O–H groups in total. The van der Waals surface area contributed by atoms with Gasteiger partial charge in [0.25, 0.3) is 5.91 Å². The molecular formula is C15H10NO. The van der Waals surface area contributed by atoms with Gasteiger partial charge >= 0.3 is 0 Å². The van der Waals surface area contributed by atoms with Gasteiger partial charge in [-0.15, -0.1) is 0 Å². The van der Waals surface area contributed by atoms with E-state index in [9.17, 15) is 4.79 Å². The topological polar surface area (TPSA) is 40.9 Å². The molecule has 3 aromatic carbocycles. The van der Waals surface area contributed by atoms with Crippen LogP contribution in [0.5, 0.6) is 0 Å². The Morgan fingerprint density at radius 3 is 2.35 bits per heavy atom. The smallest absolute Gasteiger partial charge is 0.267 e. The molecular weight excluding hydrogens is 210 g/mol. The van der Waals surface area contributed by atoms with Crippen molar-refractivity contribution >= 4 is 27.5 Å². The van der Waals surface area contributed by atoms with E-state index in [0.29, 0.717) is 5.56 Å². The van der Waals surface area contributed by atoms with Crippen LogP contribution in [0.3, 0.4) is 0 Å². The largest absolute Gasteiger partial charge is 0.269 e. The van der Waals surface area contributed by atoms with Gasteiger partial charge in [-0.25, -0.2) is 0 Å². The van der Waals surface area contributed by atoms with Crippen LogP contribution < -0.4 is 5.73 Å². The third-order valence-electron chi connectivity index (χ3n) is 3.01. The maximum Gasteiger partial charge on any atom is 0.269 e. The van der Waals surface area contributed by atoms with Crippen molar-refractivity contribution in [1.29, 1.82) is 0 Å². The van der Waals surface area contributed by atoms with Crippen molar-refractivity contribution in [3.05, 3.63) is 60.2 Å². The van der Waals surface area contributed by atoms with Crippen molar-refractivity contribution in [1.82, 2.24) is 5.73 Å². The second-order valence-corrected chi connectivity index (χ2v) is 4.05. The third kappa shape index (κ3) is 1.54. The summed E-state index contributed by atoms with van der Waals surface area (Å²) in [6, 6.07) is 17.6. The number of amides is 1. The van der Waals surface area contributed by atoms with E-state index in [1.807, 2.05) is 30.3 Å². The number of carbonyl (C=O) groups excluding carboxylic acids is 1. The number of hydrogen-bond donors (Lipinski definition) is 0. The zero-order valence-corrected chi connectivity index (χ0v) is 9.10. The van der Waals surface area contributed by atoms with Crippen LogP contribution in [0.15, 0.2) is 54.6 Å². The Morgan fingerprint density at radius 1 is 0.824 bits per heavy atom. The molecule has 0 aromatic heterocycles. The van der Waals surface area contributed by atoms with E-state index >= 15 is 0 Å². The monoisotopic (exact) mass is 220 g/mol. The molecule has 17 heavy (non-hydrogen) atoms. The first kappa shape index (κ1) is 9.85. The normalized spacial score (nSPS) is 10.8. The molecule has 0 heterocycles. The summed E-state index contributed by atoms with van der Waals surface area (Å²) in [4.78, 5) is 11.0. The first-order valence-electron chi connectivity index (χ1n) is 5.43. The van der Waals surface area contributed by atoms with Crippen molar-refractivity contribution in [2.45, 2.75) is 0 Å². The molecule has 81 valence electrons. The van der Waals surface area contributed by atoms with Gasteiger partial charge in [0.1, 0.15) is 0 Å². The predicted molar refractivity (Wildman–Crippen MR) is 68.9 cm³/mol. The molecule has 2 heteroatoms. The highest BCUT2D eigenvalue weighted by atomic mass is 16.1. The molecule has 0 saturated heterocycles. The van der Waals surface area contributed by atoms with Gasteiger partial charge < -0.3 is 0 Å². The van der Waals surface area contributed by atoms with E-state index in [-0.39, 0.29) is 0 Å². The second kappa shape index (κ2) is 3.59. The van der Waals surface area contributed by atoms with Gasteiger partial charge in [0.05, 0.1) is 0 Å². The molecule has 0 bridgehead atoms. The van der Waals surface area contributed by atoms with E-state index in [4.69, 9.17) is 5.73 Å². The van der Waals surface area contributed by atoms with Gasteiger partial charge in [0.15, 0.2) is 0 Å². The van der Waals surface area contributed by atoms with E-state index < -0.39 is 5.91 Å². The van der Waals surface area contributed by atoms with Crippen LogP contribution in [0.25, 0.3) is 21.5 Å². The first-order valence-corrected chi connectivity index (χ1v) is 5.43. The molecule has 3 rings (SSSR count). The molecule has 2 nitrogen and oxygen atoms in total. The second-order valence-electron chi connectivity index (χ2n) is 4.05. The van der Waals surface area contributed by atoms with Crippen molar-refractivity contribution in [2.75, 3.05) is 0 Å². The highest BCUT2D eigenvalue weighted by molar-refractivity contribution is 6.09. The van der Waals surface area contributed by atoms with E-state index in [1.54, 1.807) is 12.1 Å². The number of benzene rings is 3. The molecule has 0 fully saturated rings. The lowest BCUT2D eigenvalue weighted by atomic mass is 10.0. The lowest BCUT2D eigenvalue weighted by Gasteiger charge is -2.04. The maximum absolute atomic E-state index is 11.0. The maximum atomic E-state index is 11.0. The summed E-state index contributed by atoms with van der Waals surface area (Å²) in [6.07, 6.45) is 0. The molecule has 0 atom stereocenters. The van der Waals surface area contributed by atoms with Gasteiger partial charge in [0, 0.05) is 5.56 Å². The highest BCUT2D eigenvalue weighted by Gasteiger charge is 2.04. The fourth-order valence-electron chi connectivity index (χ4n) is 2.15. The highest BCUT2D eigenvalue weighted by Crippen LogP contribution is 2.25. The molecule has 3 aromatic rings. The molecule has 0 aliphatic carbocycles. The predicted octanol–water partition coefficient (Wildman–Crippen LogP) is 3.42. The summed E-state index contributed by atoms with van der Waals surface area (Å²) >= 11 is 0. The Hall–Kier alpha value is -2.35. The van der Waals surface area contributed by atoms with Crippen molar-refractivity contribution < 1.29 is 4.79 Å². The minimum Gasteiger partial charge on any atom is -0.267 e. The minimum absolute atomic E-state index is 0.438. The molecule has 0 aliphatic heterocycles. The number of nitrogens with one attached hydrogen (secondary N) is 1. The molecule has 0 saturated carbocycles. The van der Waals surface area contributed by atoms with Gasteiger partial charge in [-0.3, -0.25) is 10.5 Å². The zero-order chi connectivity index (χ0) is 11.8. The summed E-state index contributed by atoms with van der Waals surface area (Å²) in [5.41, 5.74) is 7.56. The van der Waals surface area contributed by atoms with Crippen molar-refractivity contribution in [3.8, 4) is 0 Å². The number of fused-ring (bicyclic) bond motifs is 3. The molecule has 0 unspecified atom stereocenters. The Labute approximate surface area is 98.7 Å². The quantitative estimate of drug-likeness (QED) is 0.579. The van der Waals surface area contributed by atoms with Crippen LogP contribution in [0.1, 0.15) is 10.4 Å². The van der Waals surface area contributed by atoms with Crippen LogP contribution in [0, 0.1) is 0 Å². The van der Waals surface area contributed by atoms with Crippen LogP contribution >= 0.6 is 0 Å². The van der Waals surface area contributed by atoms with E-state index in [0.717, 1.165) is 10.8 Å². The molecule has 1 radical (unpaired) electrons. The first-order chi connectivity index (χ1) is 8.25. The summed E-state index contributed by atoms with van der Waals surface area (Å²) < 4.78 is 0. The number of carbonyl (C=O) groups is 1. The summed E-state index contributed by atoms with van der Waals surface area (Å²) in [5, 5.41) is 4.48. The average Bonchev–Trinajstić information content (AvgIpc) is 2.38. The summed E-state index contributed by atoms with van der Waals surface area (Å²) in [5.74, 6) is -0.639. The third-order valence-corrected chi connectivity index (χ3v) is 3.01. The lowest BCUT2D eigenvalue weighted by Crippen LogP contribution is -1.97. The number of hydrogen-bond acceptors (Lipinski definition) is 1. The minimum atomic E-state index is -0.639. The van der Waals surface area contributed by atoms with Gasteiger partial charge in [0.2, 0.25) is 0 Å². The average molecular weight is 220 g/mol. The zero-order valence-electron chi connectivity index (χ0n) is 9.10. The van der Waals surface area contributed by atoms with Crippen LogP contribution in [0.4, 0.5) is 0 Å². The van der Waals surface area contributed by atoms with E-state index in [2.05, 4.69) is 12.1 Å². The summed E-state index contributed by atoms with van der Waals surface area (Å²) in [6.45, 7) is 0. The van der Waals surface area contributed by atoms with Gasteiger partial charge in [-0.1, -0.05) is 42.5 Å². The van der Waals surface area contributed by atoms with Crippen LogP contribution in [0.2, 0.25) is 0 Å². The number of rotatable bonds is 1. The Balaban J connectivity index is 2.41. The standard InChI is InChI=1S/C15H10NO/c16-15(17)12-7-8-14-11(9-12)6-5-10-3-1-2-4-13(10)14/h1-9,16H. The molecule has 0 spiro atoms. The van der Waals surface area contributed by atoms with Gasteiger partial charge in [-0.2, -0.15) is 0 Å². The van der Waals surface area contributed by atoms with Gasteiger partial charge in [-0.05, 0) is 33.7 Å². The van der Waals surface area contributed by atoms with Crippen molar-refractivity contribution in [3.63, 3.8) is 0 Å². The fraction of sp³-hybridized carbons (Fsp3) is 0. The Morgan fingerprint density at radius 2 is 1.53 bits per heavy atom. The molecule has 0 aliphatic rings. The van der Waals surface area contributed by atoms with Crippen LogP contribution in [-0.4, -0.2) is 5.91 Å². The lowest BCUT2D eigenvalue weighted by molar-refractivity contribution is 0.0992. The van der Waals surface area contributed by atoms with E-state index in [1.165, 1.54) is 10.8 Å². The Bertz CT molecular complexity index is 731. The Kier molecular flexibility index (Phi) is 2.08. The van der Waals surface area contributed by atoms with Crippen LogP contribution in [-0.2, 0) is 0 Å². The van der Waals surface area contributed by atoms with Crippen molar-refractivity contribution in [2.24, 2.45) is 0 Å². The fourth-order valence-corrected chi connectivity index (χ4v) is 2.15.